The molecule has 1 saturated heterocycles. The molecule has 1 aromatic heterocycles. The van der Waals surface area contributed by atoms with Crippen molar-refractivity contribution in [2.24, 2.45) is 0 Å². The number of hydrogen-bond acceptors (Lipinski definition) is 3. The highest BCUT2D eigenvalue weighted by molar-refractivity contribution is 6.01. The fourth-order valence-corrected chi connectivity index (χ4v) is 2.00. The molecule has 4 nitrogen and oxygen atoms in total. The second kappa shape index (κ2) is 14.2. The summed E-state index contributed by atoms with van der Waals surface area (Å²) in [7, 11) is 0. The molecule has 1 aliphatic rings. The van der Waals surface area contributed by atoms with Gasteiger partial charge in [0.1, 0.15) is 5.76 Å². The first kappa shape index (κ1) is 23.9. The third-order valence-corrected chi connectivity index (χ3v) is 3.04. The Bertz CT molecular complexity index is 535. The number of carbonyl (C=O) groups excluding carboxylic acids is 2. The van der Waals surface area contributed by atoms with Gasteiger partial charge in [0.15, 0.2) is 0 Å². The van der Waals surface area contributed by atoms with E-state index in [0.29, 0.717) is 12.8 Å². The minimum atomic E-state index is -0.303. The van der Waals surface area contributed by atoms with Crippen LogP contribution in [0.4, 0.5) is 0 Å². The summed E-state index contributed by atoms with van der Waals surface area (Å²) in [6.45, 7) is 20.2. The van der Waals surface area contributed by atoms with Crippen LogP contribution in [-0.4, -0.2) is 11.8 Å². The molecule has 24 heavy (non-hydrogen) atoms. The molecule has 4 heteroatoms. The second-order valence-corrected chi connectivity index (χ2v) is 4.34. The lowest BCUT2D eigenvalue weighted by Gasteiger charge is -2.20. The van der Waals surface area contributed by atoms with E-state index >= 15 is 0 Å². The molecular weight excluding hydrogens is 302 g/mol. The van der Waals surface area contributed by atoms with E-state index in [1.54, 1.807) is 24.5 Å². The van der Waals surface area contributed by atoms with Crippen molar-refractivity contribution in [2.75, 3.05) is 0 Å². The minimum Gasteiger partial charge on any atom is -0.469 e. The molecule has 2 rings (SSSR count). The Kier molecular flexibility index (Phi) is 14.2. The van der Waals surface area contributed by atoms with Gasteiger partial charge in [-0.1, -0.05) is 65.7 Å². The molecule has 0 radical (unpaired) electrons. The number of nitrogens with one attached hydrogen (secondary N) is 1. The van der Waals surface area contributed by atoms with Crippen LogP contribution in [-0.2, 0) is 9.59 Å². The Morgan fingerprint density at radius 1 is 1.12 bits per heavy atom. The SMILES string of the molecule is C=CC=C.C=Cc1c(C2CCC(=O)NC2=O)coc1C.CC.CC. The Labute approximate surface area is 146 Å². The van der Waals surface area contributed by atoms with Crippen LogP contribution in [0.15, 0.2) is 42.6 Å². The maximum absolute atomic E-state index is 11.7. The third kappa shape index (κ3) is 7.27. The van der Waals surface area contributed by atoms with Gasteiger partial charge in [0.05, 0.1) is 12.2 Å². The molecule has 0 saturated carbocycles. The maximum Gasteiger partial charge on any atom is 0.234 e. The van der Waals surface area contributed by atoms with E-state index in [0.717, 1.165) is 16.9 Å². The fraction of sp³-hybridized carbons (Fsp3) is 0.400. The monoisotopic (exact) mass is 333 g/mol. The van der Waals surface area contributed by atoms with Gasteiger partial charge >= 0.3 is 0 Å². The molecule has 134 valence electrons. The van der Waals surface area contributed by atoms with Crippen LogP contribution < -0.4 is 5.32 Å². The number of rotatable bonds is 3. The van der Waals surface area contributed by atoms with E-state index in [-0.39, 0.29) is 17.7 Å². The molecule has 1 fully saturated rings. The van der Waals surface area contributed by atoms with Gasteiger partial charge in [-0.15, -0.1) is 0 Å². The van der Waals surface area contributed by atoms with Crippen LogP contribution in [0.5, 0.6) is 0 Å². The molecule has 2 heterocycles. The minimum absolute atomic E-state index is 0.207. The lowest BCUT2D eigenvalue weighted by atomic mass is 9.89. The van der Waals surface area contributed by atoms with Gasteiger partial charge in [0.25, 0.3) is 0 Å². The maximum atomic E-state index is 11.7. The quantitative estimate of drug-likeness (QED) is 0.614. The number of aryl methyl sites for hydroxylation is 1. The molecule has 1 aliphatic heterocycles. The summed E-state index contributed by atoms with van der Waals surface area (Å²) in [6, 6.07) is 0. The predicted molar refractivity (Wildman–Crippen MR) is 102 cm³/mol. The van der Waals surface area contributed by atoms with E-state index in [2.05, 4.69) is 25.1 Å². The summed E-state index contributed by atoms with van der Waals surface area (Å²) >= 11 is 0. The van der Waals surface area contributed by atoms with E-state index in [1.807, 2.05) is 34.6 Å². The lowest BCUT2D eigenvalue weighted by molar-refractivity contribution is -0.134. The van der Waals surface area contributed by atoms with Crippen molar-refractivity contribution in [1.82, 2.24) is 5.32 Å². The average Bonchev–Trinajstić information content (AvgIpc) is 2.99. The first-order valence-electron chi connectivity index (χ1n) is 8.32. The lowest BCUT2D eigenvalue weighted by Crippen LogP contribution is -2.39. The number of imide groups is 1. The van der Waals surface area contributed by atoms with Crippen molar-refractivity contribution in [2.45, 2.75) is 53.4 Å². The highest BCUT2D eigenvalue weighted by Gasteiger charge is 2.30. The molecule has 2 amide bonds. The smallest absolute Gasteiger partial charge is 0.234 e. The Morgan fingerprint density at radius 2 is 1.67 bits per heavy atom. The number of hydrogen-bond donors (Lipinski definition) is 1. The van der Waals surface area contributed by atoms with Gasteiger partial charge < -0.3 is 4.42 Å². The number of piperidine rings is 1. The molecule has 0 spiro atoms. The van der Waals surface area contributed by atoms with Gasteiger partial charge in [-0.05, 0) is 13.3 Å². The highest BCUT2D eigenvalue weighted by atomic mass is 16.3. The summed E-state index contributed by atoms with van der Waals surface area (Å²) in [5.74, 6) is -0.0142. The molecular formula is C20H31NO3. The van der Waals surface area contributed by atoms with Crippen molar-refractivity contribution >= 4 is 17.9 Å². The molecule has 0 aromatic carbocycles. The van der Waals surface area contributed by atoms with Crippen molar-refractivity contribution < 1.29 is 14.0 Å². The van der Waals surface area contributed by atoms with Crippen LogP contribution in [0.2, 0.25) is 0 Å². The van der Waals surface area contributed by atoms with E-state index in [1.165, 1.54) is 0 Å². The number of furan rings is 1. The van der Waals surface area contributed by atoms with Crippen molar-refractivity contribution in [1.29, 1.82) is 0 Å². The van der Waals surface area contributed by atoms with Crippen molar-refractivity contribution in [3.63, 3.8) is 0 Å². The standard InChI is InChI=1S/C12H13NO3.C4H6.2C2H6/c1-3-8-7(2)16-6-10(8)9-4-5-11(14)13-12(9)15;1-3-4-2;2*1-2/h3,6,9H,1,4-5H2,2H3,(H,13,14,15);3-4H,1-2H2;2*1-2H3. The average molecular weight is 333 g/mol. The van der Waals surface area contributed by atoms with Gasteiger partial charge in [-0.2, -0.15) is 0 Å². The normalized spacial score (nSPS) is 15.1. The van der Waals surface area contributed by atoms with Crippen LogP contribution in [0.25, 0.3) is 6.08 Å². The van der Waals surface area contributed by atoms with Crippen molar-refractivity contribution in [3.05, 3.63) is 55.0 Å². The van der Waals surface area contributed by atoms with Gasteiger partial charge in [0, 0.05) is 17.5 Å². The molecule has 1 unspecified atom stereocenters. The van der Waals surface area contributed by atoms with Crippen LogP contribution in [0, 0.1) is 6.92 Å². The summed E-state index contributed by atoms with van der Waals surface area (Å²) < 4.78 is 5.28. The zero-order chi connectivity index (χ0) is 19.1. The first-order chi connectivity index (χ1) is 11.5. The molecule has 1 aromatic rings. The van der Waals surface area contributed by atoms with Crippen LogP contribution >= 0.6 is 0 Å². The van der Waals surface area contributed by atoms with Crippen molar-refractivity contribution in [3.8, 4) is 0 Å². The van der Waals surface area contributed by atoms with Gasteiger partial charge in [-0.3, -0.25) is 14.9 Å². The van der Waals surface area contributed by atoms with Crippen LogP contribution in [0.3, 0.4) is 0 Å². The van der Waals surface area contributed by atoms with E-state index in [4.69, 9.17) is 4.42 Å². The number of carbonyl (C=O) groups is 2. The van der Waals surface area contributed by atoms with E-state index < -0.39 is 0 Å². The largest absolute Gasteiger partial charge is 0.469 e. The Balaban J connectivity index is 0. The van der Waals surface area contributed by atoms with Gasteiger partial charge in [-0.25, -0.2) is 0 Å². The topological polar surface area (TPSA) is 59.3 Å². The molecule has 1 atom stereocenters. The summed E-state index contributed by atoms with van der Waals surface area (Å²) in [6.07, 6.45) is 7.44. The molecule has 0 aliphatic carbocycles. The summed E-state index contributed by atoms with van der Waals surface area (Å²) in [5.41, 5.74) is 1.67. The van der Waals surface area contributed by atoms with Crippen LogP contribution in [0.1, 0.15) is 63.3 Å². The predicted octanol–water partition coefficient (Wildman–Crippen LogP) is 5.16. The molecule has 1 N–H and O–H groups in total. The first-order valence-corrected chi connectivity index (χ1v) is 8.32. The number of allylic oxidation sites excluding steroid dienone is 2. The zero-order valence-electron chi connectivity index (χ0n) is 15.6. The highest BCUT2D eigenvalue weighted by Crippen LogP contribution is 2.30. The Morgan fingerprint density at radius 3 is 2.08 bits per heavy atom. The molecule has 0 bridgehead atoms. The fourth-order valence-electron chi connectivity index (χ4n) is 2.00. The third-order valence-electron chi connectivity index (χ3n) is 3.04. The van der Waals surface area contributed by atoms with E-state index in [9.17, 15) is 9.59 Å². The number of amides is 2. The summed E-state index contributed by atoms with van der Waals surface area (Å²) in [5, 5.41) is 2.33. The second-order valence-electron chi connectivity index (χ2n) is 4.34. The zero-order valence-corrected chi connectivity index (χ0v) is 15.6. The summed E-state index contributed by atoms with van der Waals surface area (Å²) in [4.78, 5) is 22.7. The van der Waals surface area contributed by atoms with Gasteiger partial charge in [0.2, 0.25) is 11.8 Å². The Hall–Kier alpha value is -2.36.